The lowest BCUT2D eigenvalue weighted by Crippen LogP contribution is -2.25. The van der Waals surface area contributed by atoms with Gasteiger partial charge in [-0.15, -0.1) is 0 Å². The molecule has 106 valence electrons. The number of hydrogen-bond donors (Lipinski definition) is 0. The molecule has 0 saturated carbocycles. The molecule has 0 aliphatic heterocycles. The highest BCUT2D eigenvalue weighted by Crippen LogP contribution is 2.27. The van der Waals surface area contributed by atoms with Gasteiger partial charge >= 0.3 is 5.97 Å². The predicted molar refractivity (Wildman–Crippen MR) is 80.7 cm³/mol. The van der Waals surface area contributed by atoms with E-state index >= 15 is 0 Å². The van der Waals surface area contributed by atoms with Crippen LogP contribution in [0.5, 0.6) is 0 Å². The van der Waals surface area contributed by atoms with Crippen LogP contribution in [0, 0.1) is 3.57 Å². The Bertz CT molecular complexity index is 408. The van der Waals surface area contributed by atoms with Crippen LogP contribution in [0.15, 0.2) is 24.3 Å². The molecule has 0 saturated heterocycles. The van der Waals surface area contributed by atoms with Gasteiger partial charge in [-0.1, -0.05) is 25.1 Å². The summed E-state index contributed by atoms with van der Waals surface area (Å²) in [5.41, 5.74) is 0.997. The van der Waals surface area contributed by atoms with Gasteiger partial charge < -0.3 is 14.2 Å². The second-order valence-electron chi connectivity index (χ2n) is 4.06. The summed E-state index contributed by atoms with van der Waals surface area (Å²) in [6.07, 6.45) is -0.338. The average molecular weight is 378 g/mol. The van der Waals surface area contributed by atoms with E-state index in [0.717, 1.165) is 9.13 Å². The minimum absolute atomic E-state index is 0.156. The van der Waals surface area contributed by atoms with E-state index in [0.29, 0.717) is 6.42 Å². The van der Waals surface area contributed by atoms with Crippen LogP contribution in [0.1, 0.15) is 31.9 Å². The highest BCUT2D eigenvalue weighted by molar-refractivity contribution is 14.1. The smallest absolute Gasteiger partial charge is 0.305 e. The van der Waals surface area contributed by atoms with Crippen LogP contribution < -0.4 is 0 Å². The van der Waals surface area contributed by atoms with E-state index in [4.69, 9.17) is 14.2 Å². The van der Waals surface area contributed by atoms with Crippen molar-refractivity contribution in [2.24, 2.45) is 0 Å². The molecule has 0 aliphatic rings. The monoisotopic (exact) mass is 378 g/mol. The van der Waals surface area contributed by atoms with E-state index in [1.807, 2.05) is 31.2 Å². The number of methoxy groups -OCH3 is 1. The Morgan fingerprint density at radius 1 is 1.37 bits per heavy atom. The SMILES string of the molecule is CCC(=O)O[C@@H](C)[C@@H](OCOC)c1ccccc1I. The highest BCUT2D eigenvalue weighted by atomic mass is 127. The van der Waals surface area contributed by atoms with Gasteiger partial charge in [-0.3, -0.25) is 4.79 Å². The van der Waals surface area contributed by atoms with Crippen LogP contribution in [-0.4, -0.2) is 26.0 Å². The molecule has 4 nitrogen and oxygen atoms in total. The van der Waals surface area contributed by atoms with Crippen molar-refractivity contribution < 1.29 is 19.0 Å². The lowest BCUT2D eigenvalue weighted by Gasteiger charge is -2.25. The molecular weight excluding hydrogens is 359 g/mol. The zero-order valence-electron chi connectivity index (χ0n) is 11.4. The minimum Gasteiger partial charge on any atom is -0.460 e. The van der Waals surface area contributed by atoms with E-state index in [-0.39, 0.29) is 25.0 Å². The van der Waals surface area contributed by atoms with Crippen LogP contribution in [-0.2, 0) is 19.0 Å². The fourth-order valence-electron chi connectivity index (χ4n) is 1.68. The lowest BCUT2D eigenvalue weighted by molar-refractivity contribution is -0.163. The summed E-state index contributed by atoms with van der Waals surface area (Å²) >= 11 is 2.24. The van der Waals surface area contributed by atoms with Crippen molar-refractivity contribution in [2.45, 2.75) is 32.5 Å². The average Bonchev–Trinajstić information content (AvgIpc) is 2.40. The second kappa shape index (κ2) is 8.50. The Kier molecular flexibility index (Phi) is 7.33. The van der Waals surface area contributed by atoms with Gasteiger partial charge in [0.25, 0.3) is 0 Å². The molecule has 0 amide bonds. The van der Waals surface area contributed by atoms with Crippen molar-refractivity contribution >= 4 is 28.6 Å². The standard InChI is InChI=1S/C14H19IO4/c1-4-13(16)19-10(2)14(18-9-17-3)11-7-5-6-8-12(11)15/h5-8,10,14H,4,9H2,1-3H3/t10-,14+/m0/s1. The quantitative estimate of drug-likeness (QED) is 0.415. The topological polar surface area (TPSA) is 44.8 Å². The summed E-state index contributed by atoms with van der Waals surface area (Å²) in [5.74, 6) is -0.232. The number of ether oxygens (including phenoxy) is 3. The Labute approximate surface area is 127 Å². The summed E-state index contributed by atoms with van der Waals surface area (Å²) in [5, 5.41) is 0. The number of esters is 1. The molecule has 0 heterocycles. The van der Waals surface area contributed by atoms with Crippen LogP contribution in [0.3, 0.4) is 0 Å². The molecule has 0 N–H and O–H groups in total. The summed E-state index contributed by atoms with van der Waals surface area (Å²) in [7, 11) is 1.57. The van der Waals surface area contributed by atoms with Gasteiger partial charge in [0.1, 0.15) is 19.0 Å². The fourth-order valence-corrected chi connectivity index (χ4v) is 2.37. The summed E-state index contributed by atoms with van der Waals surface area (Å²) < 4.78 is 17.0. The Hall–Kier alpha value is -0.660. The molecule has 1 rings (SSSR count). The first-order chi connectivity index (χ1) is 9.10. The molecule has 0 spiro atoms. The van der Waals surface area contributed by atoms with Crippen LogP contribution >= 0.6 is 22.6 Å². The molecule has 0 aromatic heterocycles. The molecule has 5 heteroatoms. The van der Waals surface area contributed by atoms with Crippen molar-refractivity contribution in [3.05, 3.63) is 33.4 Å². The first-order valence-electron chi connectivity index (χ1n) is 6.14. The molecule has 0 aliphatic carbocycles. The Morgan fingerprint density at radius 3 is 2.63 bits per heavy atom. The largest absolute Gasteiger partial charge is 0.460 e. The molecule has 1 aromatic rings. The maximum Gasteiger partial charge on any atom is 0.305 e. The second-order valence-corrected chi connectivity index (χ2v) is 5.23. The molecule has 0 bridgehead atoms. The summed E-state index contributed by atoms with van der Waals surface area (Å²) in [4.78, 5) is 11.4. The van der Waals surface area contributed by atoms with Gasteiger partial charge in [-0.2, -0.15) is 0 Å². The van der Waals surface area contributed by atoms with E-state index in [1.165, 1.54) is 0 Å². The Morgan fingerprint density at radius 2 is 2.05 bits per heavy atom. The third-order valence-corrected chi connectivity index (χ3v) is 3.59. The third kappa shape index (κ3) is 5.08. The molecule has 19 heavy (non-hydrogen) atoms. The predicted octanol–water partition coefficient (Wildman–Crippen LogP) is 3.29. The first-order valence-corrected chi connectivity index (χ1v) is 7.22. The van der Waals surface area contributed by atoms with Crippen molar-refractivity contribution in [1.29, 1.82) is 0 Å². The number of carbonyl (C=O) groups excluding carboxylic acids is 1. The number of hydrogen-bond acceptors (Lipinski definition) is 4. The molecule has 2 atom stereocenters. The molecular formula is C14H19IO4. The lowest BCUT2D eigenvalue weighted by atomic mass is 10.1. The maximum absolute atomic E-state index is 11.4. The van der Waals surface area contributed by atoms with Crippen LogP contribution in [0.2, 0.25) is 0 Å². The van der Waals surface area contributed by atoms with Crippen molar-refractivity contribution in [3.63, 3.8) is 0 Å². The minimum atomic E-state index is -0.362. The molecule has 0 fully saturated rings. The summed E-state index contributed by atoms with van der Waals surface area (Å²) in [6, 6.07) is 7.86. The van der Waals surface area contributed by atoms with Crippen LogP contribution in [0.4, 0.5) is 0 Å². The number of rotatable bonds is 7. The van der Waals surface area contributed by atoms with Crippen LogP contribution in [0.25, 0.3) is 0 Å². The summed E-state index contributed by atoms with van der Waals surface area (Å²) in [6.45, 7) is 3.76. The molecule has 0 radical (unpaired) electrons. The van der Waals surface area contributed by atoms with E-state index in [2.05, 4.69) is 22.6 Å². The molecule has 0 unspecified atom stereocenters. The number of carbonyl (C=O) groups is 1. The van der Waals surface area contributed by atoms with Gasteiger partial charge in [0.2, 0.25) is 0 Å². The van der Waals surface area contributed by atoms with E-state index in [9.17, 15) is 4.79 Å². The van der Waals surface area contributed by atoms with Gasteiger partial charge in [-0.05, 0) is 41.1 Å². The zero-order valence-corrected chi connectivity index (χ0v) is 13.5. The number of halogens is 1. The zero-order chi connectivity index (χ0) is 14.3. The van der Waals surface area contributed by atoms with Gasteiger partial charge in [0.15, 0.2) is 0 Å². The van der Waals surface area contributed by atoms with E-state index in [1.54, 1.807) is 14.0 Å². The van der Waals surface area contributed by atoms with Crippen molar-refractivity contribution in [1.82, 2.24) is 0 Å². The van der Waals surface area contributed by atoms with Crippen molar-refractivity contribution in [2.75, 3.05) is 13.9 Å². The normalized spacial score (nSPS) is 13.9. The van der Waals surface area contributed by atoms with E-state index < -0.39 is 0 Å². The third-order valence-electron chi connectivity index (χ3n) is 2.61. The first kappa shape index (κ1) is 16.4. The highest BCUT2D eigenvalue weighted by Gasteiger charge is 2.25. The molecule has 1 aromatic carbocycles. The number of benzene rings is 1. The van der Waals surface area contributed by atoms with Gasteiger partial charge in [0.05, 0.1) is 0 Å². The Balaban J connectivity index is 2.88. The van der Waals surface area contributed by atoms with Gasteiger partial charge in [-0.25, -0.2) is 0 Å². The fraction of sp³-hybridized carbons (Fsp3) is 0.500. The van der Waals surface area contributed by atoms with Gasteiger partial charge in [0, 0.05) is 17.1 Å². The van der Waals surface area contributed by atoms with Crippen molar-refractivity contribution in [3.8, 4) is 0 Å². The maximum atomic E-state index is 11.4.